The van der Waals surface area contributed by atoms with Gasteiger partial charge in [0.25, 0.3) is 5.69 Å². The molecule has 0 bridgehead atoms. The number of hydrogen-bond donors (Lipinski definition) is 1. The van der Waals surface area contributed by atoms with Crippen LogP contribution >= 0.6 is 0 Å². The number of nitrogens with zero attached hydrogens (tertiary/aromatic N) is 1. The minimum absolute atomic E-state index is 0.0836. The maximum atomic E-state index is 10.5. The first-order valence-corrected chi connectivity index (χ1v) is 5.78. The minimum Gasteiger partial charge on any atom is -0.493 e. The molecule has 2 rings (SSSR count). The van der Waals surface area contributed by atoms with E-state index in [1.165, 1.54) is 12.1 Å². The van der Waals surface area contributed by atoms with Crippen LogP contribution in [0.5, 0.6) is 5.75 Å². The number of benzene rings is 1. The molecule has 0 heterocycles. The average molecular weight is 236 g/mol. The van der Waals surface area contributed by atoms with Crippen LogP contribution in [0.3, 0.4) is 0 Å². The summed E-state index contributed by atoms with van der Waals surface area (Å²) in [6.07, 6.45) is 3.18. The van der Waals surface area contributed by atoms with Gasteiger partial charge in [0.05, 0.1) is 11.5 Å². The molecule has 5 heteroatoms. The van der Waals surface area contributed by atoms with Gasteiger partial charge < -0.3 is 10.5 Å². The van der Waals surface area contributed by atoms with E-state index in [0.29, 0.717) is 24.3 Å². The van der Waals surface area contributed by atoms with Crippen LogP contribution in [-0.4, -0.2) is 17.6 Å². The van der Waals surface area contributed by atoms with Gasteiger partial charge >= 0.3 is 0 Å². The molecule has 1 aliphatic carbocycles. The monoisotopic (exact) mass is 236 g/mol. The quantitative estimate of drug-likeness (QED) is 0.641. The lowest BCUT2D eigenvalue weighted by molar-refractivity contribution is -0.384. The lowest BCUT2D eigenvalue weighted by Gasteiger charge is -2.11. The van der Waals surface area contributed by atoms with Gasteiger partial charge in [-0.15, -0.1) is 0 Å². The summed E-state index contributed by atoms with van der Waals surface area (Å²) < 4.78 is 5.59. The molecule has 17 heavy (non-hydrogen) atoms. The summed E-state index contributed by atoms with van der Waals surface area (Å²) in [5.74, 6) is 1.19. The van der Waals surface area contributed by atoms with Crippen LogP contribution in [0.1, 0.15) is 19.3 Å². The van der Waals surface area contributed by atoms with Gasteiger partial charge in [0, 0.05) is 18.2 Å². The predicted octanol–water partition coefficient (Wildman–Crippen LogP) is 2.10. The Balaban J connectivity index is 1.85. The first kappa shape index (κ1) is 11.9. The molecule has 92 valence electrons. The van der Waals surface area contributed by atoms with Crippen LogP contribution in [0.4, 0.5) is 5.69 Å². The highest BCUT2D eigenvalue weighted by atomic mass is 16.6. The SMILES string of the molecule is N[C@H]1CC[C@@H](COc2ccc([N+](=O)[O-])cc2)C1. The van der Waals surface area contributed by atoms with E-state index >= 15 is 0 Å². The maximum Gasteiger partial charge on any atom is 0.269 e. The Bertz CT molecular complexity index is 391. The van der Waals surface area contributed by atoms with Crippen LogP contribution in [0.2, 0.25) is 0 Å². The average Bonchev–Trinajstić information content (AvgIpc) is 2.73. The first-order valence-electron chi connectivity index (χ1n) is 5.78. The Hall–Kier alpha value is -1.62. The van der Waals surface area contributed by atoms with Crippen molar-refractivity contribution in [3.63, 3.8) is 0 Å². The Morgan fingerprint density at radius 3 is 2.59 bits per heavy atom. The maximum absolute atomic E-state index is 10.5. The largest absolute Gasteiger partial charge is 0.493 e. The lowest BCUT2D eigenvalue weighted by Crippen LogP contribution is -2.16. The topological polar surface area (TPSA) is 78.4 Å². The van der Waals surface area contributed by atoms with Gasteiger partial charge in [0.1, 0.15) is 5.75 Å². The highest BCUT2D eigenvalue weighted by Gasteiger charge is 2.22. The van der Waals surface area contributed by atoms with Crippen LogP contribution in [-0.2, 0) is 0 Å². The lowest BCUT2D eigenvalue weighted by atomic mass is 10.1. The first-order chi connectivity index (χ1) is 8.15. The molecule has 0 spiro atoms. The predicted molar refractivity (Wildman–Crippen MR) is 63.9 cm³/mol. The molecule has 0 aliphatic heterocycles. The third-order valence-electron chi connectivity index (χ3n) is 3.12. The fourth-order valence-electron chi connectivity index (χ4n) is 2.14. The Labute approximate surface area is 99.7 Å². The molecule has 0 saturated heterocycles. The highest BCUT2D eigenvalue weighted by molar-refractivity contribution is 5.35. The van der Waals surface area contributed by atoms with Crippen molar-refractivity contribution in [2.45, 2.75) is 25.3 Å². The smallest absolute Gasteiger partial charge is 0.269 e. The normalized spacial score (nSPS) is 23.6. The molecule has 1 aromatic rings. The van der Waals surface area contributed by atoms with Crippen molar-refractivity contribution in [2.75, 3.05) is 6.61 Å². The number of hydrogen-bond acceptors (Lipinski definition) is 4. The molecule has 1 fully saturated rings. The molecule has 0 aromatic heterocycles. The Morgan fingerprint density at radius 1 is 1.35 bits per heavy atom. The number of ether oxygens (including phenoxy) is 1. The fraction of sp³-hybridized carbons (Fsp3) is 0.500. The van der Waals surface area contributed by atoms with Gasteiger partial charge in [0.2, 0.25) is 0 Å². The van der Waals surface area contributed by atoms with Gasteiger partial charge in [-0.3, -0.25) is 10.1 Å². The molecule has 0 amide bonds. The molecule has 0 radical (unpaired) electrons. The summed E-state index contributed by atoms with van der Waals surface area (Å²) in [4.78, 5) is 10.0. The van der Waals surface area contributed by atoms with Gasteiger partial charge in [-0.25, -0.2) is 0 Å². The zero-order valence-electron chi connectivity index (χ0n) is 9.54. The van der Waals surface area contributed by atoms with E-state index in [9.17, 15) is 10.1 Å². The molecule has 1 aliphatic rings. The van der Waals surface area contributed by atoms with Crippen LogP contribution in [0, 0.1) is 16.0 Å². The van der Waals surface area contributed by atoms with E-state index in [2.05, 4.69) is 0 Å². The van der Waals surface area contributed by atoms with Gasteiger partial charge in [-0.05, 0) is 37.3 Å². The molecule has 2 atom stereocenters. The van der Waals surface area contributed by atoms with Gasteiger partial charge in [-0.2, -0.15) is 0 Å². The molecule has 0 unspecified atom stereocenters. The van der Waals surface area contributed by atoms with Crippen molar-refractivity contribution in [1.82, 2.24) is 0 Å². The van der Waals surface area contributed by atoms with E-state index in [-0.39, 0.29) is 5.69 Å². The van der Waals surface area contributed by atoms with Crippen molar-refractivity contribution >= 4 is 5.69 Å². The molecule has 2 N–H and O–H groups in total. The van der Waals surface area contributed by atoms with E-state index < -0.39 is 4.92 Å². The van der Waals surface area contributed by atoms with Crippen molar-refractivity contribution in [3.05, 3.63) is 34.4 Å². The van der Waals surface area contributed by atoms with E-state index in [1.807, 2.05) is 0 Å². The fourth-order valence-corrected chi connectivity index (χ4v) is 2.14. The van der Waals surface area contributed by atoms with Crippen molar-refractivity contribution in [1.29, 1.82) is 0 Å². The zero-order chi connectivity index (χ0) is 12.3. The number of rotatable bonds is 4. The van der Waals surface area contributed by atoms with Crippen molar-refractivity contribution < 1.29 is 9.66 Å². The Kier molecular flexibility index (Phi) is 3.58. The van der Waals surface area contributed by atoms with E-state index in [4.69, 9.17) is 10.5 Å². The number of nitrogens with two attached hydrogens (primary N) is 1. The molecular weight excluding hydrogens is 220 g/mol. The summed E-state index contributed by atoms with van der Waals surface area (Å²) in [6.45, 7) is 0.644. The van der Waals surface area contributed by atoms with Crippen molar-refractivity contribution in [3.8, 4) is 5.75 Å². The molecule has 1 aromatic carbocycles. The second kappa shape index (κ2) is 5.14. The molecule has 5 nitrogen and oxygen atoms in total. The third kappa shape index (κ3) is 3.17. The summed E-state index contributed by atoms with van der Waals surface area (Å²) >= 11 is 0. The third-order valence-corrected chi connectivity index (χ3v) is 3.12. The standard InChI is InChI=1S/C12H16N2O3/c13-10-2-1-9(7-10)8-17-12-5-3-11(4-6-12)14(15)16/h3-6,9-10H,1-2,7-8,13H2/t9-,10+/m1/s1. The number of non-ortho nitro benzene ring substituents is 1. The summed E-state index contributed by atoms with van der Waals surface area (Å²) in [6, 6.07) is 6.48. The number of nitro benzene ring substituents is 1. The van der Waals surface area contributed by atoms with Crippen molar-refractivity contribution in [2.24, 2.45) is 11.7 Å². The van der Waals surface area contributed by atoms with Crippen LogP contribution in [0.15, 0.2) is 24.3 Å². The highest BCUT2D eigenvalue weighted by Crippen LogP contribution is 2.25. The number of nitro groups is 1. The van der Waals surface area contributed by atoms with Gasteiger partial charge in [-0.1, -0.05) is 0 Å². The van der Waals surface area contributed by atoms with Crippen LogP contribution < -0.4 is 10.5 Å². The Morgan fingerprint density at radius 2 is 2.06 bits per heavy atom. The summed E-state index contributed by atoms with van der Waals surface area (Å²) in [5, 5.41) is 10.5. The zero-order valence-corrected chi connectivity index (χ0v) is 9.54. The van der Waals surface area contributed by atoms with Crippen LogP contribution in [0.25, 0.3) is 0 Å². The second-order valence-electron chi connectivity index (χ2n) is 4.50. The minimum atomic E-state index is -0.417. The van der Waals surface area contributed by atoms with E-state index in [1.54, 1.807) is 12.1 Å². The second-order valence-corrected chi connectivity index (χ2v) is 4.50. The molecular formula is C12H16N2O3. The summed E-state index contributed by atoms with van der Waals surface area (Å²) in [7, 11) is 0. The summed E-state index contributed by atoms with van der Waals surface area (Å²) in [5.41, 5.74) is 5.90. The molecule has 1 saturated carbocycles. The van der Waals surface area contributed by atoms with Gasteiger partial charge in [0.15, 0.2) is 0 Å². The van der Waals surface area contributed by atoms with E-state index in [0.717, 1.165) is 19.3 Å².